The summed E-state index contributed by atoms with van der Waals surface area (Å²) in [5.74, 6) is -1.15. The minimum absolute atomic E-state index is 0.0963. The predicted octanol–water partition coefficient (Wildman–Crippen LogP) is 0.796. The number of hydrogen-bond donors (Lipinski definition) is 2. The van der Waals surface area contributed by atoms with Crippen LogP contribution in [0.2, 0.25) is 0 Å². The molecule has 0 radical (unpaired) electrons. The molecular weight excluding hydrogens is 236 g/mol. The van der Waals surface area contributed by atoms with Crippen molar-refractivity contribution in [3.05, 3.63) is 0 Å². The lowest BCUT2D eigenvalue weighted by Gasteiger charge is -2.36. The van der Waals surface area contributed by atoms with Crippen LogP contribution >= 0.6 is 0 Å². The Morgan fingerprint density at radius 3 is 2.44 bits per heavy atom. The van der Waals surface area contributed by atoms with Crippen LogP contribution in [0.25, 0.3) is 0 Å². The maximum Gasteiger partial charge on any atom is 0.411 e. The van der Waals surface area contributed by atoms with Crippen LogP contribution in [-0.2, 0) is 9.53 Å². The number of nitrogens with zero attached hydrogens (tertiary/aromatic N) is 1. The van der Waals surface area contributed by atoms with Gasteiger partial charge in [0.15, 0.2) is 0 Å². The number of amides is 1. The lowest BCUT2D eigenvalue weighted by Crippen LogP contribution is -2.55. The number of rotatable bonds is 1. The molecular formula is C12H20N2O4. The van der Waals surface area contributed by atoms with Crippen molar-refractivity contribution in [1.82, 2.24) is 4.90 Å². The van der Waals surface area contributed by atoms with Gasteiger partial charge in [0, 0.05) is 18.0 Å². The minimum atomic E-state index is -0.997. The molecule has 1 aliphatic carbocycles. The zero-order chi connectivity index (χ0) is 13.7. The molecule has 2 aliphatic rings. The van der Waals surface area contributed by atoms with Gasteiger partial charge in [0.25, 0.3) is 0 Å². The number of aliphatic carboxylic acids is 1. The van der Waals surface area contributed by atoms with Gasteiger partial charge in [-0.3, -0.25) is 4.90 Å². The van der Waals surface area contributed by atoms with Crippen molar-refractivity contribution in [1.29, 1.82) is 0 Å². The van der Waals surface area contributed by atoms with E-state index >= 15 is 0 Å². The zero-order valence-corrected chi connectivity index (χ0v) is 10.9. The molecule has 0 aromatic rings. The van der Waals surface area contributed by atoms with Crippen molar-refractivity contribution < 1.29 is 19.4 Å². The fraction of sp³-hybridized carbons (Fsp3) is 0.833. The Kier molecular flexibility index (Phi) is 3.01. The molecule has 2 bridgehead atoms. The Hall–Kier alpha value is -1.30. The highest BCUT2D eigenvalue weighted by Gasteiger charge is 2.56. The average Bonchev–Trinajstić information content (AvgIpc) is 2.69. The summed E-state index contributed by atoms with van der Waals surface area (Å²) in [6.45, 7) is 5.29. The number of carboxylic acid groups (broad SMARTS) is 1. The third kappa shape index (κ3) is 2.16. The van der Waals surface area contributed by atoms with E-state index in [2.05, 4.69) is 0 Å². The van der Waals surface area contributed by atoms with Crippen molar-refractivity contribution in [2.24, 2.45) is 11.7 Å². The maximum atomic E-state index is 12.1. The molecule has 2 rings (SSSR count). The summed E-state index contributed by atoms with van der Waals surface area (Å²) >= 11 is 0. The highest BCUT2D eigenvalue weighted by molar-refractivity contribution is 5.82. The average molecular weight is 256 g/mol. The van der Waals surface area contributed by atoms with Gasteiger partial charge in [-0.25, -0.2) is 9.59 Å². The highest BCUT2D eigenvalue weighted by Crippen LogP contribution is 2.42. The minimum Gasteiger partial charge on any atom is -0.480 e. The molecule has 18 heavy (non-hydrogen) atoms. The number of fused-ring (bicyclic) bond motifs is 2. The number of nitrogens with two attached hydrogens (primary N) is 1. The third-order valence-electron chi connectivity index (χ3n) is 3.59. The first-order chi connectivity index (χ1) is 8.20. The number of ether oxygens (including phenoxy) is 1. The molecule has 6 heteroatoms. The van der Waals surface area contributed by atoms with Crippen molar-refractivity contribution >= 4 is 12.1 Å². The van der Waals surface area contributed by atoms with Gasteiger partial charge in [0.2, 0.25) is 0 Å². The summed E-state index contributed by atoms with van der Waals surface area (Å²) in [7, 11) is 0. The second kappa shape index (κ2) is 4.12. The van der Waals surface area contributed by atoms with Gasteiger partial charge in [0.05, 0.1) is 0 Å². The normalized spacial score (nSPS) is 34.8. The lowest BCUT2D eigenvalue weighted by molar-refractivity contribution is -0.145. The first kappa shape index (κ1) is 13.1. The number of hydrogen-bond acceptors (Lipinski definition) is 4. The number of likely N-dealkylation sites (tertiary alicyclic amines) is 1. The number of carbonyl (C=O) groups excluding carboxylic acids is 1. The summed E-state index contributed by atoms with van der Waals surface area (Å²) in [4.78, 5) is 24.7. The van der Waals surface area contributed by atoms with Crippen molar-refractivity contribution in [2.45, 2.75) is 57.3 Å². The molecule has 0 unspecified atom stereocenters. The van der Waals surface area contributed by atoms with Crippen LogP contribution < -0.4 is 5.73 Å². The smallest absolute Gasteiger partial charge is 0.411 e. The molecule has 1 heterocycles. The van der Waals surface area contributed by atoms with Crippen molar-refractivity contribution in [3.63, 3.8) is 0 Å². The zero-order valence-electron chi connectivity index (χ0n) is 10.9. The topological polar surface area (TPSA) is 92.9 Å². The van der Waals surface area contributed by atoms with Gasteiger partial charge in [0.1, 0.15) is 11.6 Å². The summed E-state index contributed by atoms with van der Waals surface area (Å²) in [6.07, 6.45) is 0.778. The van der Waals surface area contributed by atoms with Crippen molar-refractivity contribution in [3.8, 4) is 0 Å². The molecule has 1 saturated heterocycles. The Bertz CT molecular complexity index is 377. The monoisotopic (exact) mass is 256 g/mol. The molecule has 1 saturated carbocycles. The molecule has 2 fully saturated rings. The number of piperidine rings is 1. The molecule has 3 N–H and O–H groups in total. The van der Waals surface area contributed by atoms with Crippen LogP contribution in [0, 0.1) is 5.92 Å². The first-order valence-electron chi connectivity index (χ1n) is 6.20. The Morgan fingerprint density at radius 1 is 1.33 bits per heavy atom. The molecule has 0 spiro atoms. The summed E-state index contributed by atoms with van der Waals surface area (Å²) < 4.78 is 5.27. The SMILES string of the molecule is CC(C)(C)OC(=O)N1[C@@H]2C[C@H]([C@H](N)C2)[C@H]1C(=O)O. The molecule has 4 atom stereocenters. The van der Waals surface area contributed by atoms with E-state index in [1.807, 2.05) is 0 Å². The molecule has 6 nitrogen and oxygen atoms in total. The predicted molar refractivity (Wildman–Crippen MR) is 64.0 cm³/mol. The van der Waals surface area contributed by atoms with Crippen LogP contribution in [0.5, 0.6) is 0 Å². The summed E-state index contributed by atoms with van der Waals surface area (Å²) in [6, 6.07) is -1.07. The van der Waals surface area contributed by atoms with Gasteiger partial charge < -0.3 is 15.6 Å². The van der Waals surface area contributed by atoms with Gasteiger partial charge in [-0.05, 0) is 33.6 Å². The van der Waals surface area contributed by atoms with E-state index in [1.165, 1.54) is 4.90 Å². The van der Waals surface area contributed by atoms with Gasteiger partial charge in [-0.15, -0.1) is 0 Å². The fourth-order valence-electron chi connectivity index (χ4n) is 2.98. The quantitative estimate of drug-likeness (QED) is 0.723. The van der Waals surface area contributed by atoms with E-state index in [-0.39, 0.29) is 18.0 Å². The van der Waals surface area contributed by atoms with Gasteiger partial charge in [-0.1, -0.05) is 0 Å². The summed E-state index contributed by atoms with van der Waals surface area (Å²) in [5, 5.41) is 9.27. The molecule has 1 aliphatic heterocycles. The molecule has 0 aromatic heterocycles. The van der Waals surface area contributed by atoms with Crippen molar-refractivity contribution in [2.75, 3.05) is 0 Å². The molecule has 1 amide bonds. The van der Waals surface area contributed by atoms with E-state index in [1.54, 1.807) is 20.8 Å². The van der Waals surface area contributed by atoms with Crippen LogP contribution in [0.1, 0.15) is 33.6 Å². The summed E-state index contributed by atoms with van der Waals surface area (Å²) in [5.41, 5.74) is 5.27. The van der Waals surface area contributed by atoms with Crippen LogP contribution in [-0.4, -0.2) is 45.8 Å². The lowest BCUT2D eigenvalue weighted by atomic mass is 9.95. The highest BCUT2D eigenvalue weighted by atomic mass is 16.6. The van der Waals surface area contributed by atoms with Crippen LogP contribution in [0.15, 0.2) is 0 Å². The molecule has 102 valence electrons. The Balaban J connectivity index is 2.17. The van der Waals surface area contributed by atoms with E-state index in [0.29, 0.717) is 12.8 Å². The van der Waals surface area contributed by atoms with E-state index < -0.39 is 23.7 Å². The second-order valence-corrected chi connectivity index (χ2v) is 6.12. The second-order valence-electron chi connectivity index (χ2n) is 6.12. The standard InChI is InChI=1S/C12H20N2O4/c1-12(2,3)18-11(17)14-6-4-7(8(13)5-6)9(14)10(15)16/h6-9H,4-5,13H2,1-3H3,(H,15,16)/t6-,7-,8-,9+/m1/s1. The largest absolute Gasteiger partial charge is 0.480 e. The number of carbonyl (C=O) groups is 2. The number of carboxylic acids is 1. The van der Waals surface area contributed by atoms with E-state index in [4.69, 9.17) is 10.5 Å². The van der Waals surface area contributed by atoms with E-state index in [9.17, 15) is 14.7 Å². The fourth-order valence-corrected chi connectivity index (χ4v) is 2.98. The van der Waals surface area contributed by atoms with Gasteiger partial charge >= 0.3 is 12.1 Å². The Morgan fingerprint density at radius 2 is 1.94 bits per heavy atom. The van der Waals surface area contributed by atoms with Gasteiger partial charge in [-0.2, -0.15) is 0 Å². The first-order valence-corrected chi connectivity index (χ1v) is 6.20. The maximum absolute atomic E-state index is 12.1. The van der Waals surface area contributed by atoms with E-state index in [0.717, 1.165) is 0 Å². The molecule has 0 aromatic carbocycles. The third-order valence-corrected chi connectivity index (χ3v) is 3.59. The van der Waals surface area contributed by atoms with Crippen LogP contribution in [0.4, 0.5) is 4.79 Å². The Labute approximate surface area is 106 Å². The van der Waals surface area contributed by atoms with Crippen LogP contribution in [0.3, 0.4) is 0 Å².